The summed E-state index contributed by atoms with van der Waals surface area (Å²) in [7, 11) is 1.46. The molecule has 0 saturated heterocycles. The number of amides is 4. The fourth-order valence-corrected chi connectivity index (χ4v) is 2.00. The third-order valence-electron chi connectivity index (χ3n) is 3.25. The SMILES string of the molecule is COc1cccc(-c2nc(N(N)C(N)=O)nc(N(N)C(N)=O)c2C#N)c1. The van der Waals surface area contributed by atoms with Crippen LogP contribution in [-0.4, -0.2) is 29.1 Å². The topological polar surface area (TPSA) is 204 Å². The van der Waals surface area contributed by atoms with Crippen LogP contribution in [-0.2, 0) is 0 Å². The third-order valence-corrected chi connectivity index (χ3v) is 3.25. The number of hydrogen-bond acceptors (Lipinski definition) is 8. The number of ether oxygens (including phenoxy) is 1. The summed E-state index contributed by atoms with van der Waals surface area (Å²) in [5.74, 6) is 10.9. The first-order valence-corrected chi connectivity index (χ1v) is 6.95. The molecule has 1 heterocycles. The van der Waals surface area contributed by atoms with Crippen molar-refractivity contribution in [3.63, 3.8) is 0 Å². The Balaban J connectivity index is 2.81. The van der Waals surface area contributed by atoms with Gasteiger partial charge in [0, 0.05) is 5.56 Å². The highest BCUT2D eigenvalue weighted by Crippen LogP contribution is 2.31. The van der Waals surface area contributed by atoms with Gasteiger partial charge < -0.3 is 16.2 Å². The summed E-state index contributed by atoms with van der Waals surface area (Å²) in [5.41, 5.74) is 10.6. The van der Waals surface area contributed by atoms with Gasteiger partial charge in [0.2, 0.25) is 0 Å². The molecule has 134 valence electrons. The number of carbonyl (C=O) groups excluding carboxylic acids is 2. The number of methoxy groups -OCH3 is 1. The van der Waals surface area contributed by atoms with Gasteiger partial charge in [-0.25, -0.2) is 31.3 Å². The third kappa shape index (κ3) is 3.43. The van der Waals surface area contributed by atoms with Gasteiger partial charge in [-0.15, -0.1) is 0 Å². The van der Waals surface area contributed by atoms with Gasteiger partial charge in [-0.3, -0.25) is 0 Å². The van der Waals surface area contributed by atoms with Gasteiger partial charge in [-0.1, -0.05) is 12.1 Å². The normalized spacial score (nSPS) is 9.92. The van der Waals surface area contributed by atoms with Crippen LogP contribution in [0, 0.1) is 11.3 Å². The number of benzene rings is 1. The van der Waals surface area contributed by atoms with E-state index in [-0.39, 0.29) is 23.0 Å². The fraction of sp³-hybridized carbons (Fsp3) is 0.0714. The predicted molar refractivity (Wildman–Crippen MR) is 91.2 cm³/mol. The highest BCUT2D eigenvalue weighted by molar-refractivity contribution is 5.93. The molecule has 1 aromatic heterocycles. The van der Waals surface area contributed by atoms with Crippen molar-refractivity contribution in [3.8, 4) is 23.1 Å². The highest BCUT2D eigenvalue weighted by atomic mass is 16.5. The van der Waals surface area contributed by atoms with E-state index in [0.29, 0.717) is 21.3 Å². The average molecular weight is 357 g/mol. The molecule has 0 aliphatic heterocycles. The molecule has 0 unspecified atom stereocenters. The Morgan fingerprint density at radius 2 is 1.81 bits per heavy atom. The minimum absolute atomic E-state index is 0.0415. The molecule has 0 radical (unpaired) electrons. The van der Waals surface area contributed by atoms with E-state index in [0.717, 1.165) is 0 Å². The van der Waals surface area contributed by atoms with E-state index in [1.165, 1.54) is 7.11 Å². The Morgan fingerprint density at radius 1 is 1.15 bits per heavy atom. The first-order chi connectivity index (χ1) is 12.3. The number of aromatic nitrogens is 2. The standard InChI is InChI=1S/C14H15N9O3/c1-26-8-4-2-3-7(5-8)10-9(6-15)11(22(18)12(16)24)21-14(20-10)23(19)13(17)25/h2-5H,18-19H2,1H3,(H2,16,24)(H2,17,25). The lowest BCUT2D eigenvalue weighted by Crippen LogP contribution is -2.45. The first kappa shape index (κ1) is 18.4. The lowest BCUT2D eigenvalue weighted by molar-refractivity contribution is 0.253. The number of nitriles is 1. The van der Waals surface area contributed by atoms with Crippen molar-refractivity contribution in [3.05, 3.63) is 29.8 Å². The largest absolute Gasteiger partial charge is 0.497 e. The zero-order valence-corrected chi connectivity index (χ0v) is 13.6. The highest BCUT2D eigenvalue weighted by Gasteiger charge is 2.24. The molecule has 4 amide bonds. The molecule has 2 rings (SSSR count). The van der Waals surface area contributed by atoms with Crippen molar-refractivity contribution >= 4 is 23.8 Å². The van der Waals surface area contributed by atoms with E-state index in [4.69, 9.17) is 27.9 Å². The lowest BCUT2D eigenvalue weighted by atomic mass is 10.1. The smallest absolute Gasteiger partial charge is 0.336 e. The second kappa shape index (κ2) is 7.30. The molecule has 12 nitrogen and oxygen atoms in total. The lowest BCUT2D eigenvalue weighted by Gasteiger charge is -2.19. The van der Waals surface area contributed by atoms with Gasteiger partial charge in [0.25, 0.3) is 5.95 Å². The van der Waals surface area contributed by atoms with Crippen molar-refractivity contribution in [1.82, 2.24) is 9.97 Å². The molecule has 26 heavy (non-hydrogen) atoms. The Morgan fingerprint density at radius 3 is 2.35 bits per heavy atom. The van der Waals surface area contributed by atoms with Crippen LogP contribution >= 0.6 is 0 Å². The van der Waals surface area contributed by atoms with Gasteiger partial charge in [-0.05, 0) is 12.1 Å². The molecular formula is C14H15N9O3. The average Bonchev–Trinajstić information content (AvgIpc) is 2.65. The molecule has 0 spiro atoms. The Kier molecular flexibility index (Phi) is 5.16. The van der Waals surface area contributed by atoms with E-state index in [1.54, 1.807) is 24.3 Å². The number of hydrogen-bond donors (Lipinski definition) is 4. The zero-order valence-electron chi connectivity index (χ0n) is 13.6. The van der Waals surface area contributed by atoms with Crippen LogP contribution in [0.5, 0.6) is 5.75 Å². The summed E-state index contributed by atoms with van der Waals surface area (Å²) < 4.78 is 5.14. The van der Waals surface area contributed by atoms with E-state index in [9.17, 15) is 14.9 Å². The summed E-state index contributed by atoms with van der Waals surface area (Å²) in [6, 6.07) is 6.22. The Bertz CT molecular complexity index is 909. The predicted octanol–water partition coefficient (Wildman–Crippen LogP) is -0.459. The summed E-state index contributed by atoms with van der Waals surface area (Å²) in [4.78, 5) is 30.7. The summed E-state index contributed by atoms with van der Waals surface area (Å²) in [5, 5.41) is 10.4. The molecule has 1 aromatic carbocycles. The summed E-state index contributed by atoms with van der Waals surface area (Å²) in [6.45, 7) is 0. The second-order valence-electron chi connectivity index (χ2n) is 4.83. The number of rotatable bonds is 4. The van der Waals surface area contributed by atoms with Gasteiger partial charge >= 0.3 is 12.1 Å². The van der Waals surface area contributed by atoms with Crippen LogP contribution in [0.1, 0.15) is 5.56 Å². The minimum atomic E-state index is -1.09. The number of carbonyl (C=O) groups is 2. The van der Waals surface area contributed by atoms with Crippen LogP contribution in [0.4, 0.5) is 21.4 Å². The van der Waals surface area contributed by atoms with Crippen LogP contribution in [0.25, 0.3) is 11.3 Å². The number of primary amides is 2. The molecular weight excluding hydrogens is 342 g/mol. The molecule has 8 N–H and O–H groups in total. The Labute approximate surface area is 147 Å². The van der Waals surface area contributed by atoms with E-state index < -0.39 is 12.1 Å². The van der Waals surface area contributed by atoms with E-state index >= 15 is 0 Å². The van der Waals surface area contributed by atoms with Crippen LogP contribution in [0.15, 0.2) is 24.3 Å². The Hall–Kier alpha value is -3.95. The van der Waals surface area contributed by atoms with Gasteiger partial charge in [0.15, 0.2) is 5.82 Å². The van der Waals surface area contributed by atoms with Crippen LogP contribution < -0.4 is 37.9 Å². The quantitative estimate of drug-likeness (QED) is 0.319. The number of hydrazine groups is 2. The minimum Gasteiger partial charge on any atom is -0.497 e. The molecule has 12 heteroatoms. The molecule has 0 aliphatic carbocycles. The van der Waals surface area contributed by atoms with Crippen LogP contribution in [0.2, 0.25) is 0 Å². The van der Waals surface area contributed by atoms with Crippen LogP contribution in [0.3, 0.4) is 0 Å². The zero-order chi connectivity index (χ0) is 19.4. The maximum Gasteiger partial charge on any atom is 0.336 e. The van der Waals surface area contributed by atoms with Crippen molar-refractivity contribution in [2.24, 2.45) is 23.2 Å². The maximum absolute atomic E-state index is 11.4. The summed E-state index contributed by atoms with van der Waals surface area (Å²) in [6.07, 6.45) is 0. The van der Waals surface area contributed by atoms with Crippen molar-refractivity contribution in [1.29, 1.82) is 5.26 Å². The first-order valence-electron chi connectivity index (χ1n) is 6.95. The molecule has 0 saturated carbocycles. The van der Waals surface area contributed by atoms with Gasteiger partial charge in [0.05, 0.1) is 12.8 Å². The molecule has 0 atom stereocenters. The van der Waals surface area contributed by atoms with Gasteiger partial charge in [0.1, 0.15) is 17.4 Å². The fourth-order valence-electron chi connectivity index (χ4n) is 2.00. The monoisotopic (exact) mass is 357 g/mol. The molecule has 2 aromatic rings. The van der Waals surface area contributed by atoms with Gasteiger partial charge in [-0.2, -0.15) is 15.3 Å². The van der Waals surface area contributed by atoms with Crippen molar-refractivity contribution < 1.29 is 14.3 Å². The van der Waals surface area contributed by atoms with E-state index in [1.807, 2.05) is 6.07 Å². The molecule has 0 aliphatic rings. The number of urea groups is 2. The van der Waals surface area contributed by atoms with Crippen molar-refractivity contribution in [2.45, 2.75) is 0 Å². The van der Waals surface area contributed by atoms with E-state index in [2.05, 4.69) is 9.97 Å². The van der Waals surface area contributed by atoms with Crippen molar-refractivity contribution in [2.75, 3.05) is 17.1 Å². The molecule has 0 fully saturated rings. The maximum atomic E-state index is 11.4. The molecule has 0 bridgehead atoms. The second-order valence-corrected chi connectivity index (χ2v) is 4.83. The summed E-state index contributed by atoms with van der Waals surface area (Å²) >= 11 is 0. The number of nitrogens with zero attached hydrogens (tertiary/aromatic N) is 5. The number of anilines is 2. The number of nitrogens with two attached hydrogens (primary N) is 4.